The average Bonchev–Trinajstić information content (AvgIpc) is 2.85. The number of nitrogens with one attached hydrogen (secondary N) is 1. The number of rotatable bonds is 7. The van der Waals surface area contributed by atoms with Gasteiger partial charge in [-0.3, -0.25) is 4.79 Å². The molecule has 4 aromatic carbocycles. The van der Waals surface area contributed by atoms with Crippen LogP contribution in [0.25, 0.3) is 10.8 Å². The maximum Gasteiger partial charge on any atom is 0.345 e. The molecule has 0 saturated heterocycles. The minimum absolute atomic E-state index is 0.241. The normalized spacial score (nSPS) is 11.9. The van der Waals surface area contributed by atoms with Crippen LogP contribution in [0.15, 0.2) is 90.0 Å². The molecule has 1 N–H and O–H groups in total. The van der Waals surface area contributed by atoms with Crippen LogP contribution in [0.1, 0.15) is 22.8 Å². The Morgan fingerprint density at radius 1 is 0.943 bits per heavy atom. The number of halogens is 2. The first-order valence-electron chi connectivity index (χ1n) is 10.7. The van der Waals surface area contributed by atoms with Crippen LogP contribution >= 0.6 is 23.2 Å². The van der Waals surface area contributed by atoms with E-state index >= 15 is 0 Å². The Labute approximate surface area is 212 Å². The van der Waals surface area contributed by atoms with E-state index in [2.05, 4.69) is 10.5 Å². The van der Waals surface area contributed by atoms with E-state index in [1.54, 1.807) is 61.5 Å². The standard InChI is InChI=1S/C27H20Cl2N2O4/c1-17(34-20-9-6-8-19(28)15-20)26(32)31-30-16-23-21-10-3-2-7-18(21)13-14-25(23)35-27(33)22-11-4-5-12-24(22)29/h2-17H,1H3,(H,31,32). The highest BCUT2D eigenvalue weighted by Gasteiger charge is 2.17. The molecule has 1 unspecified atom stereocenters. The molecule has 0 fully saturated rings. The zero-order valence-corrected chi connectivity index (χ0v) is 20.1. The van der Waals surface area contributed by atoms with E-state index in [0.717, 1.165) is 10.8 Å². The smallest absolute Gasteiger partial charge is 0.345 e. The second kappa shape index (κ2) is 11.0. The number of benzene rings is 4. The second-order valence-electron chi connectivity index (χ2n) is 7.52. The fourth-order valence-corrected chi connectivity index (χ4v) is 3.72. The molecule has 1 amide bonds. The minimum Gasteiger partial charge on any atom is -0.481 e. The summed E-state index contributed by atoms with van der Waals surface area (Å²) < 4.78 is 11.3. The molecule has 0 radical (unpaired) electrons. The third-order valence-corrected chi connectivity index (χ3v) is 5.64. The first-order chi connectivity index (χ1) is 16.9. The van der Waals surface area contributed by atoms with Crippen molar-refractivity contribution >= 4 is 52.1 Å². The summed E-state index contributed by atoms with van der Waals surface area (Å²) in [6.07, 6.45) is 0.609. The Hall–Kier alpha value is -3.87. The Morgan fingerprint density at radius 3 is 2.51 bits per heavy atom. The number of hydrogen-bond donors (Lipinski definition) is 1. The fraction of sp³-hybridized carbons (Fsp3) is 0.0741. The number of hydrazone groups is 1. The lowest BCUT2D eigenvalue weighted by Gasteiger charge is -2.13. The highest BCUT2D eigenvalue weighted by Crippen LogP contribution is 2.28. The highest BCUT2D eigenvalue weighted by molar-refractivity contribution is 6.33. The topological polar surface area (TPSA) is 77.0 Å². The van der Waals surface area contributed by atoms with E-state index in [4.69, 9.17) is 32.7 Å². The molecule has 35 heavy (non-hydrogen) atoms. The van der Waals surface area contributed by atoms with E-state index in [0.29, 0.717) is 16.3 Å². The summed E-state index contributed by atoms with van der Waals surface area (Å²) in [5.41, 5.74) is 3.22. The van der Waals surface area contributed by atoms with Gasteiger partial charge in [-0.15, -0.1) is 0 Å². The fourth-order valence-electron chi connectivity index (χ4n) is 3.33. The van der Waals surface area contributed by atoms with Crippen molar-refractivity contribution in [1.29, 1.82) is 0 Å². The van der Waals surface area contributed by atoms with Crippen LogP contribution < -0.4 is 14.9 Å². The van der Waals surface area contributed by atoms with Crippen molar-refractivity contribution in [2.45, 2.75) is 13.0 Å². The van der Waals surface area contributed by atoms with Gasteiger partial charge in [0, 0.05) is 10.6 Å². The molecule has 176 valence electrons. The van der Waals surface area contributed by atoms with Crippen LogP contribution in [0.3, 0.4) is 0 Å². The van der Waals surface area contributed by atoms with Crippen molar-refractivity contribution in [2.75, 3.05) is 0 Å². The monoisotopic (exact) mass is 506 g/mol. The van der Waals surface area contributed by atoms with Gasteiger partial charge in [0.15, 0.2) is 6.10 Å². The van der Waals surface area contributed by atoms with Gasteiger partial charge in [0.1, 0.15) is 11.5 Å². The summed E-state index contributed by atoms with van der Waals surface area (Å²) in [6, 6.07) is 24.4. The number of carbonyl (C=O) groups is 2. The zero-order valence-electron chi connectivity index (χ0n) is 18.6. The number of nitrogens with zero attached hydrogens (tertiary/aromatic N) is 1. The molecule has 0 spiro atoms. The molecule has 0 saturated carbocycles. The predicted octanol–water partition coefficient (Wildman–Crippen LogP) is 6.28. The maximum absolute atomic E-state index is 12.7. The van der Waals surface area contributed by atoms with E-state index < -0.39 is 18.0 Å². The molecule has 0 heterocycles. The largest absolute Gasteiger partial charge is 0.481 e. The predicted molar refractivity (Wildman–Crippen MR) is 138 cm³/mol. The number of ether oxygens (including phenoxy) is 2. The van der Waals surface area contributed by atoms with Gasteiger partial charge >= 0.3 is 5.97 Å². The van der Waals surface area contributed by atoms with Crippen molar-refractivity contribution in [2.24, 2.45) is 5.10 Å². The molecule has 0 aliphatic rings. The van der Waals surface area contributed by atoms with Crippen molar-refractivity contribution in [3.63, 3.8) is 0 Å². The lowest BCUT2D eigenvalue weighted by Crippen LogP contribution is -2.33. The van der Waals surface area contributed by atoms with Gasteiger partial charge in [0.2, 0.25) is 0 Å². The zero-order chi connectivity index (χ0) is 24.8. The minimum atomic E-state index is -0.823. The summed E-state index contributed by atoms with van der Waals surface area (Å²) >= 11 is 12.1. The van der Waals surface area contributed by atoms with Crippen LogP contribution in [0, 0.1) is 0 Å². The summed E-state index contributed by atoms with van der Waals surface area (Å²) in [4.78, 5) is 25.2. The molecular weight excluding hydrogens is 487 g/mol. The third-order valence-electron chi connectivity index (χ3n) is 5.07. The number of fused-ring (bicyclic) bond motifs is 1. The van der Waals surface area contributed by atoms with Crippen LogP contribution in [-0.2, 0) is 4.79 Å². The number of amides is 1. The first-order valence-corrected chi connectivity index (χ1v) is 11.4. The van der Waals surface area contributed by atoms with Crippen molar-refractivity contribution in [3.8, 4) is 11.5 Å². The van der Waals surface area contributed by atoms with Gasteiger partial charge < -0.3 is 9.47 Å². The summed E-state index contributed by atoms with van der Waals surface area (Å²) in [5.74, 6) is -0.328. The van der Waals surface area contributed by atoms with Crippen LogP contribution in [0.4, 0.5) is 0 Å². The lowest BCUT2D eigenvalue weighted by atomic mass is 10.0. The third kappa shape index (κ3) is 5.98. The highest BCUT2D eigenvalue weighted by atomic mass is 35.5. The quantitative estimate of drug-likeness (QED) is 0.138. The van der Waals surface area contributed by atoms with E-state index in [9.17, 15) is 9.59 Å². The molecule has 0 aliphatic heterocycles. The van der Waals surface area contributed by atoms with Crippen LogP contribution in [-0.4, -0.2) is 24.2 Å². The van der Waals surface area contributed by atoms with E-state index in [1.807, 2.05) is 30.3 Å². The van der Waals surface area contributed by atoms with Gasteiger partial charge in [0.05, 0.1) is 16.8 Å². The van der Waals surface area contributed by atoms with Crippen molar-refractivity contribution in [3.05, 3.63) is 106 Å². The van der Waals surface area contributed by atoms with Gasteiger partial charge in [-0.05, 0) is 54.1 Å². The first kappa shape index (κ1) is 24.3. The molecule has 0 aromatic heterocycles. The molecule has 6 nitrogen and oxygen atoms in total. The van der Waals surface area contributed by atoms with Crippen molar-refractivity contribution in [1.82, 2.24) is 5.43 Å². The molecule has 0 bridgehead atoms. The maximum atomic E-state index is 12.7. The number of hydrogen-bond acceptors (Lipinski definition) is 5. The van der Waals surface area contributed by atoms with Gasteiger partial charge in [-0.2, -0.15) is 5.10 Å². The SMILES string of the molecule is CC(Oc1cccc(Cl)c1)C(=O)NN=Cc1c(OC(=O)c2ccccc2Cl)ccc2ccccc12. The van der Waals surface area contributed by atoms with Crippen LogP contribution in [0.2, 0.25) is 10.0 Å². The number of carbonyl (C=O) groups excluding carboxylic acids is 2. The number of esters is 1. The Bertz CT molecular complexity index is 1420. The molecule has 4 rings (SSSR count). The Morgan fingerprint density at radius 2 is 1.71 bits per heavy atom. The Kier molecular flexibility index (Phi) is 7.65. The summed E-state index contributed by atoms with van der Waals surface area (Å²) in [7, 11) is 0. The van der Waals surface area contributed by atoms with Crippen molar-refractivity contribution < 1.29 is 19.1 Å². The molecule has 0 aliphatic carbocycles. The van der Waals surface area contributed by atoms with Gasteiger partial charge in [-0.1, -0.05) is 71.7 Å². The van der Waals surface area contributed by atoms with E-state index in [-0.39, 0.29) is 16.3 Å². The lowest BCUT2D eigenvalue weighted by molar-refractivity contribution is -0.127. The van der Waals surface area contributed by atoms with Gasteiger partial charge in [-0.25, -0.2) is 10.2 Å². The van der Waals surface area contributed by atoms with Crippen LogP contribution in [0.5, 0.6) is 11.5 Å². The summed E-state index contributed by atoms with van der Waals surface area (Å²) in [6.45, 7) is 1.60. The van der Waals surface area contributed by atoms with Gasteiger partial charge in [0.25, 0.3) is 5.91 Å². The second-order valence-corrected chi connectivity index (χ2v) is 8.36. The van der Waals surface area contributed by atoms with E-state index in [1.165, 1.54) is 6.21 Å². The molecule has 4 aromatic rings. The average molecular weight is 507 g/mol. The summed E-state index contributed by atoms with van der Waals surface area (Å²) in [5, 5.41) is 6.57. The molecular formula is C27H20Cl2N2O4. The molecule has 1 atom stereocenters. The Balaban J connectivity index is 1.55. The molecule has 8 heteroatoms.